The van der Waals surface area contributed by atoms with Crippen LogP contribution < -0.4 is 5.32 Å². The lowest BCUT2D eigenvalue weighted by atomic mass is 9.95. The number of sulfonamides is 1. The fourth-order valence-electron chi connectivity index (χ4n) is 2.94. The maximum atomic E-state index is 14.1. The number of nitrogens with zero attached hydrogens (tertiary/aromatic N) is 1. The zero-order valence-corrected chi connectivity index (χ0v) is 14.2. The van der Waals surface area contributed by atoms with Gasteiger partial charge in [0.2, 0.25) is 15.9 Å². The number of fused-ring (bicyclic) bond motifs is 1. The minimum Gasteiger partial charge on any atom is -0.358 e. The molecule has 0 radical (unpaired) electrons. The third kappa shape index (κ3) is 3.14. The largest absolute Gasteiger partial charge is 0.358 e. The first-order valence-electron chi connectivity index (χ1n) is 7.60. The summed E-state index contributed by atoms with van der Waals surface area (Å²) in [5.41, 5.74) is 1.57. The van der Waals surface area contributed by atoms with E-state index in [0.29, 0.717) is 6.07 Å². The number of amides is 1. The summed E-state index contributed by atoms with van der Waals surface area (Å²) in [6, 6.07) is 8.32. The normalized spacial score (nSPS) is 17.8. The van der Waals surface area contributed by atoms with Crippen LogP contribution in [0.5, 0.6) is 0 Å². The molecule has 1 heterocycles. The van der Waals surface area contributed by atoms with E-state index in [-0.39, 0.29) is 13.0 Å². The summed E-state index contributed by atoms with van der Waals surface area (Å²) >= 11 is 0. The molecule has 25 heavy (non-hydrogen) atoms. The first-order valence-corrected chi connectivity index (χ1v) is 9.04. The Morgan fingerprint density at radius 3 is 2.52 bits per heavy atom. The van der Waals surface area contributed by atoms with E-state index in [9.17, 15) is 22.0 Å². The number of likely N-dealkylation sites (N-methyl/N-ethyl adjacent to an activating group) is 1. The van der Waals surface area contributed by atoms with Crippen molar-refractivity contribution in [1.82, 2.24) is 9.62 Å². The maximum absolute atomic E-state index is 14.1. The molecular weight excluding hydrogens is 350 g/mol. The average Bonchev–Trinajstić information content (AvgIpc) is 2.61. The van der Waals surface area contributed by atoms with E-state index in [1.165, 1.54) is 7.05 Å². The molecule has 0 spiro atoms. The minimum absolute atomic E-state index is 0.0907. The molecule has 0 saturated heterocycles. The summed E-state index contributed by atoms with van der Waals surface area (Å²) in [4.78, 5) is 11.5. The first kappa shape index (κ1) is 17.5. The standard InChI is InChI=1S/C17H16F2N2O3S/c1-20-17(22)15-8-11-4-2-3-5-12(11)10-21(15)25(23,24)16-9-13(18)6-7-14(16)19/h2-7,9,15H,8,10H2,1H3,(H,20,22)/t15-/m1/s1. The fourth-order valence-corrected chi connectivity index (χ4v) is 4.59. The third-order valence-corrected chi connectivity index (χ3v) is 6.10. The highest BCUT2D eigenvalue weighted by Crippen LogP contribution is 2.30. The number of hydrogen-bond acceptors (Lipinski definition) is 3. The Hall–Kier alpha value is -2.32. The van der Waals surface area contributed by atoms with Crippen molar-refractivity contribution >= 4 is 15.9 Å². The zero-order chi connectivity index (χ0) is 18.2. The van der Waals surface area contributed by atoms with Crippen LogP contribution in [0.2, 0.25) is 0 Å². The average molecular weight is 366 g/mol. The molecule has 1 amide bonds. The molecule has 0 fully saturated rings. The van der Waals surface area contributed by atoms with Gasteiger partial charge in [0.15, 0.2) is 0 Å². The zero-order valence-electron chi connectivity index (χ0n) is 13.4. The number of carbonyl (C=O) groups excluding carboxylic acids is 1. The lowest BCUT2D eigenvalue weighted by Gasteiger charge is -2.34. The number of carbonyl (C=O) groups is 1. The van der Waals surface area contributed by atoms with E-state index >= 15 is 0 Å². The van der Waals surface area contributed by atoms with E-state index in [0.717, 1.165) is 27.6 Å². The van der Waals surface area contributed by atoms with E-state index in [1.807, 2.05) is 6.07 Å². The van der Waals surface area contributed by atoms with Gasteiger partial charge in [-0.3, -0.25) is 4.79 Å². The molecule has 2 aromatic rings. The van der Waals surface area contributed by atoms with Crippen molar-refractivity contribution in [3.63, 3.8) is 0 Å². The molecule has 1 aliphatic heterocycles. The van der Waals surface area contributed by atoms with E-state index < -0.39 is 38.5 Å². The van der Waals surface area contributed by atoms with E-state index in [2.05, 4.69) is 5.32 Å². The summed E-state index contributed by atoms with van der Waals surface area (Å²) in [7, 11) is -3.01. The highest BCUT2D eigenvalue weighted by molar-refractivity contribution is 7.89. The molecule has 2 aromatic carbocycles. The predicted molar refractivity (Wildman–Crippen MR) is 87.1 cm³/mol. The molecule has 1 N–H and O–H groups in total. The molecule has 5 nitrogen and oxygen atoms in total. The highest BCUT2D eigenvalue weighted by Gasteiger charge is 2.40. The van der Waals surface area contributed by atoms with E-state index in [1.54, 1.807) is 18.2 Å². The van der Waals surface area contributed by atoms with Crippen LogP contribution in [0.15, 0.2) is 47.4 Å². The summed E-state index contributed by atoms with van der Waals surface area (Å²) in [6.45, 7) is -0.0907. The third-order valence-electron chi connectivity index (χ3n) is 4.23. The lowest BCUT2D eigenvalue weighted by molar-refractivity contribution is -0.124. The molecule has 3 rings (SSSR count). The van der Waals surface area contributed by atoms with Gasteiger partial charge in [0, 0.05) is 13.6 Å². The summed E-state index contributed by atoms with van der Waals surface area (Å²) in [5.74, 6) is -2.43. The van der Waals surface area contributed by atoms with Crippen LogP contribution >= 0.6 is 0 Å². The van der Waals surface area contributed by atoms with Crippen molar-refractivity contribution < 1.29 is 22.0 Å². The Labute approximate surface area is 144 Å². The molecule has 0 aromatic heterocycles. The molecule has 0 bridgehead atoms. The fraction of sp³-hybridized carbons (Fsp3) is 0.235. The quantitative estimate of drug-likeness (QED) is 0.901. The predicted octanol–water partition coefficient (Wildman–Crippen LogP) is 1.83. The maximum Gasteiger partial charge on any atom is 0.247 e. The van der Waals surface area contributed by atoms with Gasteiger partial charge in [-0.2, -0.15) is 4.31 Å². The summed E-state index contributed by atoms with van der Waals surface area (Å²) in [6.07, 6.45) is 0.159. The van der Waals surface area contributed by atoms with Crippen LogP contribution in [-0.2, 0) is 27.8 Å². The number of rotatable bonds is 3. The second-order valence-corrected chi connectivity index (χ2v) is 7.59. The van der Waals surface area contributed by atoms with Crippen LogP contribution in [-0.4, -0.2) is 31.7 Å². The number of hydrogen-bond donors (Lipinski definition) is 1. The van der Waals surface area contributed by atoms with Crippen LogP contribution in [0.1, 0.15) is 11.1 Å². The monoisotopic (exact) mass is 366 g/mol. The van der Waals surface area contributed by atoms with Crippen molar-refractivity contribution in [1.29, 1.82) is 0 Å². The highest BCUT2D eigenvalue weighted by atomic mass is 32.2. The van der Waals surface area contributed by atoms with Crippen LogP contribution in [0.4, 0.5) is 8.78 Å². The smallest absolute Gasteiger partial charge is 0.247 e. The van der Waals surface area contributed by atoms with Gasteiger partial charge in [0.05, 0.1) is 0 Å². The second kappa shape index (κ2) is 6.53. The van der Waals surface area contributed by atoms with Gasteiger partial charge in [0.1, 0.15) is 22.6 Å². The van der Waals surface area contributed by atoms with Gasteiger partial charge in [-0.15, -0.1) is 0 Å². The molecule has 0 unspecified atom stereocenters. The topological polar surface area (TPSA) is 66.5 Å². The molecule has 1 atom stereocenters. The van der Waals surface area contributed by atoms with Gasteiger partial charge in [-0.25, -0.2) is 17.2 Å². The van der Waals surface area contributed by atoms with Gasteiger partial charge in [0.25, 0.3) is 0 Å². The molecule has 8 heteroatoms. The van der Waals surface area contributed by atoms with Gasteiger partial charge in [-0.1, -0.05) is 24.3 Å². The lowest BCUT2D eigenvalue weighted by Crippen LogP contribution is -2.51. The van der Waals surface area contributed by atoms with Gasteiger partial charge >= 0.3 is 0 Å². The van der Waals surface area contributed by atoms with Gasteiger partial charge in [-0.05, 0) is 35.7 Å². The van der Waals surface area contributed by atoms with Crippen molar-refractivity contribution in [2.24, 2.45) is 0 Å². The van der Waals surface area contributed by atoms with Crippen LogP contribution in [0.25, 0.3) is 0 Å². The number of halogens is 2. The summed E-state index contributed by atoms with van der Waals surface area (Å²) in [5, 5.41) is 2.43. The molecular formula is C17H16F2N2O3S. The first-order chi connectivity index (χ1) is 11.8. The molecule has 132 valence electrons. The van der Waals surface area contributed by atoms with Crippen LogP contribution in [0.3, 0.4) is 0 Å². The van der Waals surface area contributed by atoms with Crippen molar-refractivity contribution in [3.05, 3.63) is 65.2 Å². The number of nitrogens with one attached hydrogen (secondary N) is 1. The SMILES string of the molecule is CNC(=O)[C@H]1Cc2ccccc2CN1S(=O)(=O)c1cc(F)ccc1F. The molecule has 0 aliphatic carbocycles. The Morgan fingerprint density at radius 1 is 1.16 bits per heavy atom. The summed E-state index contributed by atoms with van der Waals surface area (Å²) < 4.78 is 54.3. The van der Waals surface area contributed by atoms with Crippen LogP contribution in [0, 0.1) is 11.6 Å². The van der Waals surface area contributed by atoms with Crippen molar-refractivity contribution in [2.75, 3.05) is 7.05 Å². The Balaban J connectivity index is 2.11. The minimum atomic E-state index is -4.40. The number of benzene rings is 2. The second-order valence-electron chi connectivity index (χ2n) is 5.73. The Bertz CT molecular complexity index is 931. The van der Waals surface area contributed by atoms with E-state index in [4.69, 9.17) is 0 Å². The van der Waals surface area contributed by atoms with Crippen molar-refractivity contribution in [2.45, 2.75) is 23.9 Å². The van der Waals surface area contributed by atoms with Gasteiger partial charge < -0.3 is 5.32 Å². The Kier molecular flexibility index (Phi) is 4.57. The Morgan fingerprint density at radius 2 is 1.84 bits per heavy atom. The molecule has 0 saturated carbocycles. The molecule has 1 aliphatic rings. The van der Waals surface area contributed by atoms with Crippen molar-refractivity contribution in [3.8, 4) is 0 Å².